The van der Waals surface area contributed by atoms with Crippen LogP contribution in [0, 0.1) is 11.8 Å². The van der Waals surface area contributed by atoms with Crippen molar-refractivity contribution in [2.24, 2.45) is 17.6 Å². The number of fused-ring (bicyclic) bond motifs is 1. The molecule has 0 bridgehead atoms. The van der Waals surface area contributed by atoms with E-state index in [1.54, 1.807) is 0 Å². The Bertz CT molecular complexity index is 1480. The first-order valence-electron chi connectivity index (χ1n) is 17.6. The summed E-state index contributed by atoms with van der Waals surface area (Å²) in [6.45, 7) is 9.55. The van der Waals surface area contributed by atoms with Gasteiger partial charge in [-0.1, -0.05) is 92.6 Å². The van der Waals surface area contributed by atoms with E-state index in [4.69, 9.17) is 15.2 Å². The first-order valence-corrected chi connectivity index (χ1v) is 17.6. The number of aliphatic hydroxyl groups is 1. The fraction of sp³-hybridized carbons (Fsp3) is 0.525. The maximum Gasteiger partial charge on any atom is 0.237 e. The average molecular weight is 640 g/mol. The standard InChI is InChI=1S/C40H53N3O4/c1-26-36(24-43-34-12-8-6-9-29(34)21-22-35(43)38(45)42-40(2,3)4)46-39(47-37(26)30-15-13-27(25-44)14-16-30)31-19-17-28(18-20-31)33-11-7-5-10-32(33)23-41/h5,7,10-11,13-20,26,29,34-37,39,44H,6,8-9,12,21-25,41H2,1-4H3,(H,42,45)/t26-,29+,34+,35+,36+,37+,39+/m0/s1. The van der Waals surface area contributed by atoms with Gasteiger partial charge in [0, 0.05) is 36.2 Å². The summed E-state index contributed by atoms with van der Waals surface area (Å²) in [5, 5.41) is 13.0. The van der Waals surface area contributed by atoms with E-state index in [9.17, 15) is 9.90 Å². The monoisotopic (exact) mass is 639 g/mol. The van der Waals surface area contributed by atoms with Gasteiger partial charge in [-0.2, -0.15) is 0 Å². The molecule has 3 fully saturated rings. The molecule has 4 N–H and O–H groups in total. The second kappa shape index (κ2) is 14.6. The summed E-state index contributed by atoms with van der Waals surface area (Å²) in [7, 11) is 0. The number of likely N-dealkylation sites (tertiary alicyclic amines) is 1. The molecule has 2 heterocycles. The van der Waals surface area contributed by atoms with E-state index in [1.807, 2.05) is 24.3 Å². The molecule has 1 aliphatic carbocycles. The highest BCUT2D eigenvalue weighted by Gasteiger charge is 2.46. The Morgan fingerprint density at radius 3 is 2.32 bits per heavy atom. The van der Waals surface area contributed by atoms with Crippen LogP contribution in [0.5, 0.6) is 0 Å². The number of rotatable bonds is 8. The van der Waals surface area contributed by atoms with Gasteiger partial charge in [0.25, 0.3) is 0 Å². The topological polar surface area (TPSA) is 97.1 Å². The van der Waals surface area contributed by atoms with E-state index < -0.39 is 6.29 Å². The number of piperidine rings is 1. The van der Waals surface area contributed by atoms with E-state index in [0.29, 0.717) is 25.0 Å². The molecule has 252 valence electrons. The Kier molecular flexibility index (Phi) is 10.5. The molecule has 7 atom stereocenters. The fourth-order valence-electron chi connectivity index (χ4n) is 8.06. The molecule has 3 aromatic carbocycles. The molecule has 47 heavy (non-hydrogen) atoms. The third-order valence-corrected chi connectivity index (χ3v) is 10.6. The quantitative estimate of drug-likeness (QED) is 0.245. The zero-order valence-electron chi connectivity index (χ0n) is 28.5. The van der Waals surface area contributed by atoms with Crippen LogP contribution in [0.3, 0.4) is 0 Å². The smallest absolute Gasteiger partial charge is 0.237 e. The van der Waals surface area contributed by atoms with Gasteiger partial charge in [-0.15, -0.1) is 0 Å². The summed E-state index contributed by atoms with van der Waals surface area (Å²) < 4.78 is 13.7. The number of benzene rings is 3. The highest BCUT2D eigenvalue weighted by atomic mass is 16.7. The molecule has 2 aliphatic heterocycles. The average Bonchev–Trinajstić information content (AvgIpc) is 3.08. The molecule has 1 saturated carbocycles. The van der Waals surface area contributed by atoms with Crippen molar-refractivity contribution in [1.82, 2.24) is 10.2 Å². The van der Waals surface area contributed by atoms with Gasteiger partial charge in [0.1, 0.15) is 0 Å². The van der Waals surface area contributed by atoms with Crippen molar-refractivity contribution in [1.29, 1.82) is 0 Å². The van der Waals surface area contributed by atoms with Crippen LogP contribution in [-0.4, -0.2) is 46.2 Å². The number of carbonyl (C=O) groups excluding carboxylic acids is 1. The van der Waals surface area contributed by atoms with E-state index in [0.717, 1.165) is 52.6 Å². The molecular formula is C40H53N3O4. The summed E-state index contributed by atoms with van der Waals surface area (Å²) in [4.78, 5) is 16.3. The Balaban J connectivity index is 1.31. The predicted molar refractivity (Wildman–Crippen MR) is 186 cm³/mol. The van der Waals surface area contributed by atoms with Crippen molar-refractivity contribution in [2.75, 3.05) is 6.54 Å². The number of aliphatic hydroxyl groups excluding tert-OH is 1. The van der Waals surface area contributed by atoms with Crippen molar-refractivity contribution < 1.29 is 19.4 Å². The van der Waals surface area contributed by atoms with Crippen LogP contribution in [0.1, 0.15) is 101 Å². The van der Waals surface area contributed by atoms with Gasteiger partial charge in [0.05, 0.1) is 24.9 Å². The first kappa shape index (κ1) is 33.8. The maximum atomic E-state index is 13.8. The van der Waals surface area contributed by atoms with Crippen LogP contribution in [0.15, 0.2) is 72.8 Å². The van der Waals surface area contributed by atoms with E-state index >= 15 is 0 Å². The van der Waals surface area contributed by atoms with E-state index in [2.05, 4.69) is 86.4 Å². The highest BCUT2D eigenvalue weighted by molar-refractivity contribution is 5.82. The van der Waals surface area contributed by atoms with Gasteiger partial charge < -0.3 is 25.6 Å². The van der Waals surface area contributed by atoms with Crippen LogP contribution in [0.25, 0.3) is 11.1 Å². The molecule has 7 heteroatoms. The number of nitrogens with two attached hydrogens (primary N) is 1. The molecule has 0 unspecified atom stereocenters. The number of nitrogens with one attached hydrogen (secondary N) is 1. The van der Waals surface area contributed by atoms with Crippen molar-refractivity contribution >= 4 is 5.91 Å². The summed E-state index contributed by atoms with van der Waals surface area (Å²) >= 11 is 0. The molecular weight excluding hydrogens is 586 g/mol. The molecule has 3 aliphatic rings. The second-order valence-corrected chi connectivity index (χ2v) is 14.9. The summed E-state index contributed by atoms with van der Waals surface area (Å²) in [6.07, 6.45) is 5.90. The number of hydrogen-bond donors (Lipinski definition) is 3. The molecule has 6 rings (SSSR count). The normalized spacial score (nSPS) is 28.4. The minimum absolute atomic E-state index is 0.00485. The lowest BCUT2D eigenvalue weighted by Crippen LogP contribution is -2.61. The van der Waals surface area contributed by atoms with Crippen molar-refractivity contribution in [3.05, 3.63) is 95.1 Å². The Morgan fingerprint density at radius 2 is 1.62 bits per heavy atom. The third kappa shape index (κ3) is 7.65. The van der Waals surface area contributed by atoms with Gasteiger partial charge in [0.15, 0.2) is 6.29 Å². The number of nitrogens with zero attached hydrogens (tertiary/aromatic N) is 1. The minimum atomic E-state index is -0.564. The maximum absolute atomic E-state index is 13.8. The number of amides is 1. The molecule has 0 radical (unpaired) electrons. The Morgan fingerprint density at radius 1 is 0.915 bits per heavy atom. The molecule has 7 nitrogen and oxygen atoms in total. The minimum Gasteiger partial charge on any atom is -0.392 e. The van der Waals surface area contributed by atoms with Crippen molar-refractivity contribution in [2.45, 2.75) is 115 Å². The third-order valence-electron chi connectivity index (χ3n) is 10.6. The zero-order valence-corrected chi connectivity index (χ0v) is 28.5. The van der Waals surface area contributed by atoms with Gasteiger partial charge >= 0.3 is 0 Å². The van der Waals surface area contributed by atoms with E-state index in [1.165, 1.54) is 19.3 Å². The van der Waals surface area contributed by atoms with Gasteiger partial charge in [-0.05, 0) is 80.2 Å². The summed E-state index contributed by atoms with van der Waals surface area (Å²) in [6, 6.07) is 25.0. The van der Waals surface area contributed by atoms with Gasteiger partial charge in [-0.3, -0.25) is 9.69 Å². The summed E-state index contributed by atoms with van der Waals surface area (Å²) in [5.74, 6) is 0.790. The fourth-order valence-corrected chi connectivity index (χ4v) is 8.06. The van der Waals surface area contributed by atoms with Crippen LogP contribution >= 0.6 is 0 Å². The Hall–Kier alpha value is -3.07. The predicted octanol–water partition coefficient (Wildman–Crippen LogP) is 7.03. The lowest BCUT2D eigenvalue weighted by atomic mass is 9.75. The van der Waals surface area contributed by atoms with Crippen molar-refractivity contribution in [3.8, 4) is 11.1 Å². The second-order valence-electron chi connectivity index (χ2n) is 14.9. The van der Waals surface area contributed by atoms with E-state index in [-0.39, 0.29) is 42.2 Å². The molecule has 1 amide bonds. The lowest BCUT2D eigenvalue weighted by Gasteiger charge is -2.51. The number of ether oxygens (including phenoxy) is 2. The van der Waals surface area contributed by atoms with Crippen LogP contribution < -0.4 is 11.1 Å². The first-order chi connectivity index (χ1) is 22.6. The Labute approximate surface area is 280 Å². The SMILES string of the molecule is C[C@H]1[C@@H](CN2[C@@H](C(=O)NC(C)(C)C)CC[C@H]3CCCC[C@H]32)O[C@@H](c2ccc(-c3ccccc3CN)cc2)O[C@H]1c1ccc(CO)cc1. The van der Waals surface area contributed by atoms with Gasteiger partial charge in [0.2, 0.25) is 5.91 Å². The lowest BCUT2D eigenvalue weighted by molar-refractivity contribution is -0.278. The molecule has 2 saturated heterocycles. The number of hydrogen-bond acceptors (Lipinski definition) is 6. The largest absolute Gasteiger partial charge is 0.392 e. The summed E-state index contributed by atoms with van der Waals surface area (Å²) in [5.41, 5.74) is 12.0. The van der Waals surface area contributed by atoms with Crippen LogP contribution in [0.2, 0.25) is 0 Å². The van der Waals surface area contributed by atoms with Gasteiger partial charge in [-0.25, -0.2) is 0 Å². The highest BCUT2D eigenvalue weighted by Crippen LogP contribution is 2.44. The van der Waals surface area contributed by atoms with Crippen LogP contribution in [0.4, 0.5) is 0 Å². The number of carbonyl (C=O) groups is 1. The zero-order chi connectivity index (χ0) is 33.1. The van der Waals surface area contributed by atoms with Crippen LogP contribution in [-0.2, 0) is 27.4 Å². The molecule has 3 aromatic rings. The van der Waals surface area contributed by atoms with Crippen molar-refractivity contribution in [3.63, 3.8) is 0 Å². The molecule has 0 aromatic heterocycles. The molecule has 0 spiro atoms.